The molecule has 1 aliphatic carbocycles. The molecular formula is C16H22BrN5. The van der Waals surface area contributed by atoms with Gasteiger partial charge in [0.2, 0.25) is 0 Å². The van der Waals surface area contributed by atoms with Crippen LogP contribution in [0.4, 0.5) is 0 Å². The van der Waals surface area contributed by atoms with Gasteiger partial charge in [-0.3, -0.25) is 0 Å². The molecule has 1 fully saturated rings. The Bertz CT molecular complexity index is 655. The maximum Gasteiger partial charge on any atom is 0.188 e. The molecule has 0 saturated heterocycles. The van der Waals surface area contributed by atoms with E-state index in [4.69, 9.17) is 0 Å². The van der Waals surface area contributed by atoms with Gasteiger partial charge in [0, 0.05) is 10.0 Å². The van der Waals surface area contributed by atoms with Crippen molar-refractivity contribution in [2.75, 3.05) is 0 Å². The monoisotopic (exact) mass is 363 g/mol. The zero-order chi connectivity index (χ0) is 15.8. The van der Waals surface area contributed by atoms with Gasteiger partial charge in [0.25, 0.3) is 0 Å². The zero-order valence-electron chi connectivity index (χ0n) is 13.3. The summed E-state index contributed by atoms with van der Waals surface area (Å²) in [6.45, 7) is 6.88. The molecule has 0 bridgehead atoms. The van der Waals surface area contributed by atoms with Gasteiger partial charge in [0.1, 0.15) is 0 Å². The van der Waals surface area contributed by atoms with Gasteiger partial charge in [-0.1, -0.05) is 34.1 Å². The summed E-state index contributed by atoms with van der Waals surface area (Å²) in [6.07, 6.45) is 3.42. The van der Waals surface area contributed by atoms with Gasteiger partial charge in [-0.05, 0) is 56.9 Å². The molecule has 0 atom stereocenters. The van der Waals surface area contributed by atoms with Crippen molar-refractivity contribution >= 4 is 15.9 Å². The highest BCUT2D eigenvalue weighted by Crippen LogP contribution is 2.40. The largest absolute Gasteiger partial charge is 0.304 e. The first kappa shape index (κ1) is 15.6. The molecule has 1 N–H and O–H groups in total. The van der Waals surface area contributed by atoms with Crippen molar-refractivity contribution in [1.29, 1.82) is 0 Å². The first-order valence-electron chi connectivity index (χ1n) is 7.66. The Kier molecular flexibility index (Phi) is 4.07. The number of nitrogens with zero attached hydrogens (tertiary/aromatic N) is 4. The van der Waals surface area contributed by atoms with Crippen LogP contribution in [-0.4, -0.2) is 25.7 Å². The van der Waals surface area contributed by atoms with E-state index in [0.29, 0.717) is 6.54 Å². The van der Waals surface area contributed by atoms with Crippen LogP contribution in [0.3, 0.4) is 0 Å². The van der Waals surface area contributed by atoms with E-state index in [2.05, 4.69) is 81.7 Å². The van der Waals surface area contributed by atoms with E-state index < -0.39 is 0 Å². The molecule has 1 aromatic heterocycles. The number of benzene rings is 1. The molecule has 0 radical (unpaired) electrons. The van der Waals surface area contributed by atoms with Crippen LogP contribution in [0.15, 0.2) is 28.7 Å². The highest BCUT2D eigenvalue weighted by atomic mass is 79.9. The lowest BCUT2D eigenvalue weighted by molar-refractivity contribution is 0.305. The summed E-state index contributed by atoms with van der Waals surface area (Å²) in [7, 11) is 0. The lowest BCUT2D eigenvalue weighted by Gasteiger charge is -2.17. The van der Waals surface area contributed by atoms with Gasteiger partial charge in [-0.2, -0.15) is 4.80 Å². The second kappa shape index (κ2) is 5.74. The normalized spacial score (nSPS) is 16.7. The predicted octanol–water partition coefficient (Wildman–Crippen LogP) is 3.06. The van der Waals surface area contributed by atoms with Crippen LogP contribution in [0.1, 0.15) is 45.0 Å². The van der Waals surface area contributed by atoms with E-state index in [0.717, 1.165) is 12.2 Å². The third-order valence-corrected chi connectivity index (χ3v) is 4.79. The van der Waals surface area contributed by atoms with Crippen LogP contribution in [0.5, 0.6) is 0 Å². The fourth-order valence-electron chi connectivity index (χ4n) is 2.44. The summed E-state index contributed by atoms with van der Waals surface area (Å²) in [5.74, 6) is 0.758. The minimum Gasteiger partial charge on any atom is -0.304 e. The highest BCUT2D eigenvalue weighted by molar-refractivity contribution is 9.10. The average molecular weight is 364 g/mol. The lowest BCUT2D eigenvalue weighted by Crippen LogP contribution is -2.33. The third kappa shape index (κ3) is 3.55. The fraction of sp³-hybridized carbons (Fsp3) is 0.562. The molecule has 6 heteroatoms. The Morgan fingerprint density at radius 2 is 2.00 bits per heavy atom. The Labute approximate surface area is 139 Å². The van der Waals surface area contributed by atoms with E-state index in [9.17, 15) is 0 Å². The van der Waals surface area contributed by atoms with Gasteiger partial charge in [-0.15, -0.1) is 10.2 Å². The molecule has 1 saturated carbocycles. The van der Waals surface area contributed by atoms with Crippen molar-refractivity contribution in [3.8, 4) is 0 Å². The molecule has 0 unspecified atom stereocenters. The standard InChI is InChI=1S/C16H22BrN5/c1-15(2,3)22-20-14(19-21-22)11-18-16(8-9-16)10-12-6-4-5-7-13(12)17/h4-7,18H,8-11H2,1-3H3. The van der Waals surface area contributed by atoms with Crippen molar-refractivity contribution in [2.45, 2.75) is 57.7 Å². The van der Waals surface area contributed by atoms with E-state index in [-0.39, 0.29) is 11.1 Å². The maximum absolute atomic E-state index is 4.46. The van der Waals surface area contributed by atoms with Gasteiger partial charge in [0.15, 0.2) is 5.82 Å². The Hall–Kier alpha value is -1.27. The molecule has 0 spiro atoms. The van der Waals surface area contributed by atoms with Gasteiger partial charge < -0.3 is 5.32 Å². The van der Waals surface area contributed by atoms with Crippen LogP contribution in [-0.2, 0) is 18.5 Å². The summed E-state index contributed by atoms with van der Waals surface area (Å²) in [4.78, 5) is 1.68. The summed E-state index contributed by atoms with van der Waals surface area (Å²) < 4.78 is 1.18. The van der Waals surface area contributed by atoms with Crippen LogP contribution < -0.4 is 5.32 Å². The second-order valence-electron chi connectivity index (χ2n) is 7.07. The zero-order valence-corrected chi connectivity index (χ0v) is 14.9. The molecule has 118 valence electrons. The van der Waals surface area contributed by atoms with Crippen molar-refractivity contribution < 1.29 is 0 Å². The molecule has 3 rings (SSSR count). The molecule has 1 heterocycles. The Morgan fingerprint density at radius 3 is 2.59 bits per heavy atom. The second-order valence-corrected chi connectivity index (χ2v) is 7.92. The average Bonchev–Trinajstić information content (AvgIpc) is 3.03. The van der Waals surface area contributed by atoms with Crippen LogP contribution in [0.2, 0.25) is 0 Å². The maximum atomic E-state index is 4.46. The molecule has 1 aliphatic rings. The SMILES string of the molecule is CC(C)(C)n1nnc(CNC2(Cc3ccccc3Br)CC2)n1. The van der Waals surface area contributed by atoms with Crippen LogP contribution >= 0.6 is 15.9 Å². The highest BCUT2D eigenvalue weighted by Gasteiger charge is 2.42. The number of aromatic nitrogens is 4. The molecule has 0 amide bonds. The van der Waals surface area contributed by atoms with Crippen LogP contribution in [0.25, 0.3) is 0 Å². The van der Waals surface area contributed by atoms with Gasteiger partial charge >= 0.3 is 0 Å². The molecular weight excluding hydrogens is 342 g/mol. The number of hydrogen-bond acceptors (Lipinski definition) is 4. The number of tetrazole rings is 1. The van der Waals surface area contributed by atoms with Crippen LogP contribution in [0, 0.1) is 0 Å². The molecule has 5 nitrogen and oxygen atoms in total. The molecule has 22 heavy (non-hydrogen) atoms. The lowest BCUT2D eigenvalue weighted by atomic mass is 10.0. The van der Waals surface area contributed by atoms with Crippen molar-refractivity contribution in [3.63, 3.8) is 0 Å². The Balaban J connectivity index is 1.62. The molecule has 1 aromatic carbocycles. The van der Waals surface area contributed by atoms with Crippen molar-refractivity contribution in [1.82, 2.24) is 25.5 Å². The summed E-state index contributed by atoms with van der Waals surface area (Å²) in [5, 5.41) is 16.4. The molecule has 2 aromatic rings. The smallest absolute Gasteiger partial charge is 0.188 e. The summed E-state index contributed by atoms with van der Waals surface area (Å²) in [5.41, 5.74) is 1.41. The summed E-state index contributed by atoms with van der Waals surface area (Å²) >= 11 is 3.63. The van der Waals surface area contributed by atoms with Gasteiger partial charge in [0.05, 0.1) is 12.1 Å². The van der Waals surface area contributed by atoms with Crippen molar-refractivity contribution in [3.05, 3.63) is 40.1 Å². The minimum absolute atomic E-state index is 0.128. The topological polar surface area (TPSA) is 55.6 Å². The van der Waals surface area contributed by atoms with E-state index in [1.165, 1.54) is 22.9 Å². The number of halogens is 1. The first-order valence-corrected chi connectivity index (χ1v) is 8.45. The van der Waals surface area contributed by atoms with E-state index in [1.807, 2.05) is 0 Å². The number of rotatable bonds is 5. The van der Waals surface area contributed by atoms with E-state index in [1.54, 1.807) is 4.80 Å². The number of hydrogen-bond donors (Lipinski definition) is 1. The predicted molar refractivity (Wildman–Crippen MR) is 89.5 cm³/mol. The van der Waals surface area contributed by atoms with Gasteiger partial charge in [-0.25, -0.2) is 0 Å². The quantitative estimate of drug-likeness (QED) is 0.886. The first-order chi connectivity index (χ1) is 10.4. The minimum atomic E-state index is -0.128. The third-order valence-electron chi connectivity index (χ3n) is 4.02. The molecule has 0 aliphatic heterocycles. The summed E-state index contributed by atoms with van der Waals surface area (Å²) in [6, 6.07) is 8.42. The number of nitrogens with one attached hydrogen (secondary N) is 1. The van der Waals surface area contributed by atoms with Crippen molar-refractivity contribution in [2.24, 2.45) is 0 Å². The van der Waals surface area contributed by atoms with E-state index >= 15 is 0 Å². The Morgan fingerprint density at radius 1 is 1.27 bits per heavy atom. The fourth-order valence-corrected chi connectivity index (χ4v) is 2.86.